The van der Waals surface area contributed by atoms with E-state index in [-0.39, 0.29) is 5.91 Å². The van der Waals surface area contributed by atoms with Gasteiger partial charge in [0.2, 0.25) is 5.91 Å². The van der Waals surface area contributed by atoms with Gasteiger partial charge in [0.15, 0.2) is 0 Å². The molecule has 0 aliphatic heterocycles. The first-order chi connectivity index (χ1) is 8.04. The van der Waals surface area contributed by atoms with E-state index in [1.807, 2.05) is 6.92 Å². The Bertz CT molecular complexity index is 387. The molecule has 0 fully saturated rings. The number of unbranched alkanes of at least 4 members (excludes halogenated alkanes) is 1. The molecule has 0 bridgehead atoms. The molecule has 2 N–H and O–H groups in total. The summed E-state index contributed by atoms with van der Waals surface area (Å²) >= 11 is 17.6. The summed E-state index contributed by atoms with van der Waals surface area (Å²) in [6, 6.07) is 3.10. The lowest BCUT2D eigenvalue weighted by Gasteiger charge is -2.11. The highest BCUT2D eigenvalue weighted by atomic mass is 35.5. The highest BCUT2D eigenvalue weighted by Crippen LogP contribution is 2.32. The van der Waals surface area contributed by atoms with Gasteiger partial charge in [0.25, 0.3) is 0 Å². The zero-order chi connectivity index (χ0) is 12.8. The molecule has 0 radical (unpaired) electrons. The van der Waals surface area contributed by atoms with Gasteiger partial charge in [0, 0.05) is 11.4 Å². The van der Waals surface area contributed by atoms with Crippen molar-refractivity contribution >= 4 is 46.4 Å². The van der Waals surface area contributed by atoms with Gasteiger partial charge in [-0.25, -0.2) is 0 Å². The third-order valence-electron chi connectivity index (χ3n) is 2.09. The van der Waals surface area contributed by atoms with E-state index < -0.39 is 0 Å². The van der Waals surface area contributed by atoms with Gasteiger partial charge >= 0.3 is 0 Å². The van der Waals surface area contributed by atoms with Crippen molar-refractivity contribution in [3.05, 3.63) is 27.2 Å². The molecule has 0 aromatic heterocycles. The van der Waals surface area contributed by atoms with E-state index in [0.717, 1.165) is 12.8 Å². The minimum atomic E-state index is -0.103. The van der Waals surface area contributed by atoms with Crippen molar-refractivity contribution < 1.29 is 4.79 Å². The number of carbonyl (C=O) groups is 1. The van der Waals surface area contributed by atoms with Crippen molar-refractivity contribution in [3.63, 3.8) is 0 Å². The summed E-state index contributed by atoms with van der Waals surface area (Å²) in [4.78, 5) is 11.4. The predicted octanol–water partition coefficient (Wildman–Crippen LogP) is 4.28. The SMILES string of the molecule is CCCCC(=O)NNc1c(Cl)cc(Cl)cc1Cl. The molecule has 1 aromatic carbocycles. The number of amides is 1. The number of hydrogen-bond donors (Lipinski definition) is 2. The lowest BCUT2D eigenvalue weighted by molar-refractivity contribution is -0.120. The van der Waals surface area contributed by atoms with Gasteiger partial charge in [-0.1, -0.05) is 48.1 Å². The third kappa shape index (κ3) is 4.62. The zero-order valence-electron chi connectivity index (χ0n) is 9.32. The van der Waals surface area contributed by atoms with Crippen LogP contribution in [0.1, 0.15) is 26.2 Å². The van der Waals surface area contributed by atoms with Crippen LogP contribution in [-0.2, 0) is 4.79 Å². The summed E-state index contributed by atoms with van der Waals surface area (Å²) in [6.07, 6.45) is 2.28. The molecule has 0 aliphatic rings. The number of hydrogen-bond acceptors (Lipinski definition) is 2. The third-order valence-corrected chi connectivity index (χ3v) is 2.91. The first-order valence-electron chi connectivity index (χ1n) is 5.24. The van der Waals surface area contributed by atoms with Gasteiger partial charge in [-0.15, -0.1) is 0 Å². The van der Waals surface area contributed by atoms with Crippen LogP contribution in [0.25, 0.3) is 0 Å². The van der Waals surface area contributed by atoms with Gasteiger partial charge in [-0.2, -0.15) is 0 Å². The fraction of sp³-hybridized carbons (Fsp3) is 0.364. The number of rotatable bonds is 5. The Balaban J connectivity index is 2.60. The number of carbonyl (C=O) groups excluding carboxylic acids is 1. The quantitative estimate of drug-likeness (QED) is 0.796. The summed E-state index contributed by atoms with van der Waals surface area (Å²) in [5.74, 6) is -0.103. The largest absolute Gasteiger partial charge is 0.296 e. The normalized spacial score (nSPS) is 10.1. The highest BCUT2D eigenvalue weighted by Gasteiger charge is 2.08. The standard InChI is InChI=1S/C11H13Cl3N2O/c1-2-3-4-10(17)15-16-11-8(13)5-7(12)6-9(11)14/h5-6,16H,2-4H2,1H3,(H,15,17). The molecule has 0 unspecified atom stereocenters. The molecule has 17 heavy (non-hydrogen) atoms. The maximum absolute atomic E-state index is 11.4. The number of halogens is 3. The molecule has 0 spiro atoms. The predicted molar refractivity (Wildman–Crippen MR) is 72.8 cm³/mol. The second-order valence-corrected chi connectivity index (χ2v) is 4.77. The molecule has 0 heterocycles. The van der Waals surface area contributed by atoms with Crippen LogP contribution in [0.5, 0.6) is 0 Å². The Labute approximate surface area is 115 Å². The zero-order valence-corrected chi connectivity index (χ0v) is 11.6. The number of hydrazine groups is 1. The van der Waals surface area contributed by atoms with Gasteiger partial charge in [-0.3, -0.25) is 15.6 Å². The summed E-state index contributed by atoms with van der Waals surface area (Å²) in [7, 11) is 0. The van der Waals surface area contributed by atoms with Gasteiger partial charge in [-0.05, 0) is 18.6 Å². The minimum absolute atomic E-state index is 0.103. The average Bonchev–Trinajstić information content (AvgIpc) is 2.24. The highest BCUT2D eigenvalue weighted by molar-refractivity contribution is 6.41. The van der Waals surface area contributed by atoms with Gasteiger partial charge in [0.1, 0.15) is 0 Å². The monoisotopic (exact) mass is 294 g/mol. The van der Waals surface area contributed by atoms with Crippen LogP contribution in [-0.4, -0.2) is 5.91 Å². The van der Waals surface area contributed by atoms with E-state index >= 15 is 0 Å². The number of nitrogens with one attached hydrogen (secondary N) is 2. The molecule has 1 aromatic rings. The Morgan fingerprint density at radius 2 is 1.82 bits per heavy atom. The Hall–Kier alpha value is -0.640. The van der Waals surface area contributed by atoms with Crippen molar-refractivity contribution in [2.45, 2.75) is 26.2 Å². The fourth-order valence-electron chi connectivity index (χ4n) is 1.19. The second-order valence-electron chi connectivity index (χ2n) is 3.52. The van der Waals surface area contributed by atoms with Crippen LogP contribution in [0.4, 0.5) is 5.69 Å². The smallest absolute Gasteiger partial charge is 0.238 e. The lowest BCUT2D eigenvalue weighted by atomic mass is 10.2. The van der Waals surface area contributed by atoms with Crippen molar-refractivity contribution in [2.75, 3.05) is 5.43 Å². The Kier molecular flexibility index (Phi) is 5.89. The van der Waals surface area contributed by atoms with Crippen LogP contribution in [0.2, 0.25) is 15.1 Å². The topological polar surface area (TPSA) is 41.1 Å². The summed E-state index contributed by atoms with van der Waals surface area (Å²) in [5.41, 5.74) is 5.68. The van der Waals surface area contributed by atoms with Crippen LogP contribution in [0.15, 0.2) is 12.1 Å². The molecule has 94 valence electrons. The van der Waals surface area contributed by atoms with Crippen LogP contribution in [0, 0.1) is 0 Å². The van der Waals surface area contributed by atoms with Crippen LogP contribution < -0.4 is 10.9 Å². The number of anilines is 1. The summed E-state index contributed by atoms with van der Waals surface area (Å²) in [6.45, 7) is 2.02. The molecular weight excluding hydrogens is 282 g/mol. The van der Waals surface area contributed by atoms with E-state index in [4.69, 9.17) is 34.8 Å². The second kappa shape index (κ2) is 6.94. The molecule has 0 aliphatic carbocycles. The molecule has 1 rings (SSSR count). The van der Waals surface area contributed by atoms with Crippen LogP contribution >= 0.6 is 34.8 Å². The van der Waals surface area contributed by atoms with E-state index in [2.05, 4.69) is 10.9 Å². The van der Waals surface area contributed by atoms with E-state index in [1.54, 1.807) is 12.1 Å². The summed E-state index contributed by atoms with van der Waals surface area (Å²) in [5, 5.41) is 1.17. The van der Waals surface area contributed by atoms with E-state index in [1.165, 1.54) is 0 Å². The van der Waals surface area contributed by atoms with Gasteiger partial charge < -0.3 is 0 Å². The lowest BCUT2D eigenvalue weighted by Crippen LogP contribution is -2.29. The minimum Gasteiger partial charge on any atom is -0.296 e. The first kappa shape index (κ1) is 14.4. The molecule has 3 nitrogen and oxygen atoms in total. The molecular formula is C11H13Cl3N2O. The van der Waals surface area contributed by atoms with Crippen molar-refractivity contribution in [3.8, 4) is 0 Å². The Morgan fingerprint density at radius 3 is 2.35 bits per heavy atom. The first-order valence-corrected chi connectivity index (χ1v) is 6.37. The molecule has 0 saturated carbocycles. The van der Waals surface area contributed by atoms with E-state index in [9.17, 15) is 4.79 Å². The van der Waals surface area contributed by atoms with Gasteiger partial charge in [0.05, 0.1) is 15.7 Å². The maximum atomic E-state index is 11.4. The summed E-state index contributed by atoms with van der Waals surface area (Å²) < 4.78 is 0. The van der Waals surface area contributed by atoms with Crippen molar-refractivity contribution in [1.82, 2.24) is 5.43 Å². The Morgan fingerprint density at radius 1 is 1.24 bits per heavy atom. The fourth-order valence-corrected chi connectivity index (χ4v) is 2.11. The molecule has 0 saturated heterocycles. The molecule has 0 atom stereocenters. The molecule has 6 heteroatoms. The number of benzene rings is 1. The van der Waals surface area contributed by atoms with Crippen molar-refractivity contribution in [2.24, 2.45) is 0 Å². The van der Waals surface area contributed by atoms with Crippen molar-refractivity contribution in [1.29, 1.82) is 0 Å². The maximum Gasteiger partial charge on any atom is 0.238 e. The van der Waals surface area contributed by atoms with E-state index in [0.29, 0.717) is 27.2 Å². The van der Waals surface area contributed by atoms with Crippen LogP contribution in [0.3, 0.4) is 0 Å². The average molecular weight is 296 g/mol. The molecule has 1 amide bonds.